The molecule has 0 bridgehead atoms. The van der Waals surface area contributed by atoms with Gasteiger partial charge in [-0.1, -0.05) is 27.7 Å². The summed E-state index contributed by atoms with van der Waals surface area (Å²) in [5.74, 6) is 0.657. The van der Waals surface area contributed by atoms with Crippen LogP contribution in [-0.2, 0) is 0 Å². The first-order chi connectivity index (χ1) is 5.90. The number of thiocarbonyl (C=S) groups is 1. The summed E-state index contributed by atoms with van der Waals surface area (Å²) in [5.41, 5.74) is 0.291. The lowest BCUT2D eigenvalue weighted by atomic mass is 9.81. The Morgan fingerprint density at radius 2 is 1.85 bits per heavy atom. The normalized spacial score (nSPS) is 11.5. The smallest absolute Gasteiger partial charge is 0.166 e. The van der Waals surface area contributed by atoms with Crippen molar-refractivity contribution < 1.29 is 0 Å². The van der Waals surface area contributed by atoms with Gasteiger partial charge in [-0.2, -0.15) is 0 Å². The molecule has 3 heteroatoms. The van der Waals surface area contributed by atoms with Crippen molar-refractivity contribution in [2.24, 2.45) is 11.3 Å². The lowest BCUT2D eigenvalue weighted by Crippen LogP contribution is -2.42. The molecule has 0 saturated carbocycles. The van der Waals surface area contributed by atoms with Crippen LogP contribution in [0.3, 0.4) is 0 Å². The van der Waals surface area contributed by atoms with Crippen molar-refractivity contribution in [2.75, 3.05) is 13.1 Å². The van der Waals surface area contributed by atoms with Crippen LogP contribution < -0.4 is 10.6 Å². The van der Waals surface area contributed by atoms with E-state index in [4.69, 9.17) is 12.2 Å². The predicted octanol–water partition coefficient (Wildman–Crippen LogP) is 2.15. The number of rotatable bonds is 4. The van der Waals surface area contributed by atoms with Gasteiger partial charge in [-0.25, -0.2) is 0 Å². The standard InChI is InChI=1S/C10H22N2S/c1-6-11-9(13)12-7-10(4,5)8(2)3/h8H,6-7H2,1-5H3,(H2,11,12,13). The monoisotopic (exact) mass is 202 g/mol. The molecule has 0 rings (SSSR count). The Labute approximate surface area is 87.5 Å². The van der Waals surface area contributed by atoms with Gasteiger partial charge in [0.1, 0.15) is 0 Å². The highest BCUT2D eigenvalue weighted by atomic mass is 32.1. The van der Waals surface area contributed by atoms with Crippen LogP contribution >= 0.6 is 12.2 Å². The van der Waals surface area contributed by atoms with E-state index in [0.29, 0.717) is 11.3 Å². The van der Waals surface area contributed by atoms with Gasteiger partial charge in [0, 0.05) is 13.1 Å². The average Bonchev–Trinajstić information content (AvgIpc) is 2.01. The van der Waals surface area contributed by atoms with Crippen molar-refractivity contribution in [3.8, 4) is 0 Å². The summed E-state index contributed by atoms with van der Waals surface area (Å²) in [4.78, 5) is 0. The average molecular weight is 202 g/mol. The number of hydrogen-bond acceptors (Lipinski definition) is 1. The third-order valence-electron chi connectivity index (χ3n) is 2.60. The van der Waals surface area contributed by atoms with Gasteiger partial charge in [-0.15, -0.1) is 0 Å². The quantitative estimate of drug-likeness (QED) is 0.683. The van der Waals surface area contributed by atoms with E-state index in [1.54, 1.807) is 0 Å². The molecule has 2 nitrogen and oxygen atoms in total. The molecule has 0 heterocycles. The second-order valence-electron chi connectivity index (χ2n) is 4.36. The molecule has 0 unspecified atom stereocenters. The van der Waals surface area contributed by atoms with Gasteiger partial charge in [0.2, 0.25) is 0 Å². The SMILES string of the molecule is CCNC(=S)NCC(C)(C)C(C)C. The van der Waals surface area contributed by atoms with Gasteiger partial charge in [0.25, 0.3) is 0 Å². The van der Waals surface area contributed by atoms with E-state index in [1.165, 1.54) is 0 Å². The molecule has 13 heavy (non-hydrogen) atoms. The van der Waals surface area contributed by atoms with Gasteiger partial charge in [-0.05, 0) is 30.5 Å². The highest BCUT2D eigenvalue weighted by molar-refractivity contribution is 7.80. The molecule has 78 valence electrons. The van der Waals surface area contributed by atoms with Crippen LogP contribution in [0, 0.1) is 11.3 Å². The molecule has 0 fully saturated rings. The van der Waals surface area contributed by atoms with Crippen molar-refractivity contribution in [1.29, 1.82) is 0 Å². The summed E-state index contributed by atoms with van der Waals surface area (Å²) >= 11 is 5.09. The van der Waals surface area contributed by atoms with Crippen molar-refractivity contribution in [3.63, 3.8) is 0 Å². The number of nitrogens with one attached hydrogen (secondary N) is 2. The molecule has 0 saturated heterocycles. The Hall–Kier alpha value is -0.310. The van der Waals surface area contributed by atoms with E-state index in [2.05, 4.69) is 38.3 Å². The molecule has 0 aliphatic carbocycles. The molecular formula is C10H22N2S. The zero-order valence-electron chi connectivity index (χ0n) is 9.40. The molecule has 0 aromatic carbocycles. The molecule has 0 aromatic rings. The fourth-order valence-electron chi connectivity index (χ4n) is 0.735. The van der Waals surface area contributed by atoms with Crippen molar-refractivity contribution in [3.05, 3.63) is 0 Å². The summed E-state index contributed by atoms with van der Waals surface area (Å²) in [6.45, 7) is 12.8. The van der Waals surface area contributed by atoms with E-state index in [1.807, 2.05) is 6.92 Å². The van der Waals surface area contributed by atoms with E-state index in [0.717, 1.165) is 18.2 Å². The molecule has 0 aliphatic rings. The highest BCUT2D eigenvalue weighted by Crippen LogP contribution is 2.24. The first-order valence-electron chi connectivity index (χ1n) is 4.92. The predicted molar refractivity (Wildman–Crippen MR) is 62.9 cm³/mol. The van der Waals surface area contributed by atoms with Crippen LogP contribution in [0.1, 0.15) is 34.6 Å². The van der Waals surface area contributed by atoms with Gasteiger partial charge < -0.3 is 10.6 Å². The van der Waals surface area contributed by atoms with Crippen LogP contribution in [0.25, 0.3) is 0 Å². The zero-order valence-corrected chi connectivity index (χ0v) is 10.2. The van der Waals surface area contributed by atoms with E-state index >= 15 is 0 Å². The minimum atomic E-state index is 0.291. The van der Waals surface area contributed by atoms with E-state index in [9.17, 15) is 0 Å². The molecule has 0 amide bonds. The number of hydrogen-bond donors (Lipinski definition) is 2. The van der Waals surface area contributed by atoms with Gasteiger partial charge >= 0.3 is 0 Å². The summed E-state index contributed by atoms with van der Waals surface area (Å²) in [6.07, 6.45) is 0. The van der Waals surface area contributed by atoms with Crippen LogP contribution in [0.5, 0.6) is 0 Å². The Kier molecular flexibility index (Phi) is 5.30. The fourth-order valence-corrected chi connectivity index (χ4v) is 0.952. The van der Waals surface area contributed by atoms with Crippen molar-refractivity contribution in [1.82, 2.24) is 10.6 Å². The maximum atomic E-state index is 5.09. The van der Waals surface area contributed by atoms with Gasteiger partial charge in [0.05, 0.1) is 0 Å². The van der Waals surface area contributed by atoms with Gasteiger partial charge in [-0.3, -0.25) is 0 Å². The molecule has 0 atom stereocenters. The molecule has 0 radical (unpaired) electrons. The summed E-state index contributed by atoms with van der Waals surface area (Å²) in [6, 6.07) is 0. The Bertz CT molecular complexity index is 164. The first kappa shape index (κ1) is 12.7. The molecular weight excluding hydrogens is 180 g/mol. The minimum Gasteiger partial charge on any atom is -0.363 e. The molecule has 0 aliphatic heterocycles. The maximum absolute atomic E-state index is 5.09. The minimum absolute atomic E-state index is 0.291. The Balaban J connectivity index is 3.81. The lowest BCUT2D eigenvalue weighted by molar-refractivity contribution is 0.251. The van der Waals surface area contributed by atoms with E-state index in [-0.39, 0.29) is 0 Å². The summed E-state index contributed by atoms with van der Waals surface area (Å²) < 4.78 is 0. The topological polar surface area (TPSA) is 24.1 Å². The molecule has 0 spiro atoms. The highest BCUT2D eigenvalue weighted by Gasteiger charge is 2.21. The third-order valence-corrected chi connectivity index (χ3v) is 2.89. The maximum Gasteiger partial charge on any atom is 0.166 e. The Morgan fingerprint density at radius 3 is 2.23 bits per heavy atom. The molecule has 2 N–H and O–H groups in total. The van der Waals surface area contributed by atoms with Crippen molar-refractivity contribution >= 4 is 17.3 Å². The first-order valence-corrected chi connectivity index (χ1v) is 5.32. The van der Waals surface area contributed by atoms with Crippen LogP contribution in [-0.4, -0.2) is 18.2 Å². The lowest BCUT2D eigenvalue weighted by Gasteiger charge is -2.29. The summed E-state index contributed by atoms with van der Waals surface area (Å²) in [7, 11) is 0. The van der Waals surface area contributed by atoms with Crippen LogP contribution in [0.15, 0.2) is 0 Å². The molecule has 0 aromatic heterocycles. The van der Waals surface area contributed by atoms with Crippen molar-refractivity contribution in [2.45, 2.75) is 34.6 Å². The van der Waals surface area contributed by atoms with Gasteiger partial charge in [0.15, 0.2) is 5.11 Å². The Morgan fingerprint density at radius 1 is 1.31 bits per heavy atom. The second-order valence-corrected chi connectivity index (χ2v) is 4.76. The third kappa shape index (κ3) is 5.09. The second kappa shape index (κ2) is 5.43. The largest absolute Gasteiger partial charge is 0.363 e. The van der Waals surface area contributed by atoms with E-state index < -0.39 is 0 Å². The zero-order chi connectivity index (χ0) is 10.5. The van der Waals surface area contributed by atoms with Crippen LogP contribution in [0.2, 0.25) is 0 Å². The summed E-state index contributed by atoms with van der Waals surface area (Å²) in [5, 5.41) is 7.06. The fraction of sp³-hybridized carbons (Fsp3) is 0.900. The van der Waals surface area contributed by atoms with Crippen LogP contribution in [0.4, 0.5) is 0 Å².